The summed E-state index contributed by atoms with van der Waals surface area (Å²) in [5, 5.41) is 21.8. The van der Waals surface area contributed by atoms with Gasteiger partial charge in [0.05, 0.1) is 23.3 Å². The molecule has 1 saturated heterocycles. The maximum absolute atomic E-state index is 10.4. The lowest BCUT2D eigenvalue weighted by molar-refractivity contribution is 0.0535. The molecule has 0 bridgehead atoms. The van der Waals surface area contributed by atoms with Crippen molar-refractivity contribution in [3.63, 3.8) is 0 Å². The first kappa shape index (κ1) is 13.9. The Kier molecular flexibility index (Phi) is 3.35. The van der Waals surface area contributed by atoms with Gasteiger partial charge in [0.25, 0.3) is 0 Å². The number of fused-ring (bicyclic) bond motifs is 1. The topological polar surface area (TPSA) is 47.3 Å². The molecule has 1 heterocycles. The maximum atomic E-state index is 10.4. The standard InChI is InChI=1S/C18H20N2O/c1-18(2,21)17-8-5-11-20(17)16-10-9-13(12-19)14-6-3-4-7-15(14)16/h3-4,6-7,9-10,17,21H,5,8,11H2,1-2H3/t17-/m1/s1. The molecule has 2 aromatic carbocycles. The summed E-state index contributed by atoms with van der Waals surface area (Å²) in [4.78, 5) is 2.30. The molecule has 21 heavy (non-hydrogen) atoms. The van der Waals surface area contributed by atoms with E-state index in [9.17, 15) is 10.4 Å². The fourth-order valence-corrected chi connectivity index (χ4v) is 3.42. The number of nitriles is 1. The van der Waals surface area contributed by atoms with Crippen LogP contribution in [0.5, 0.6) is 0 Å². The molecule has 1 aliphatic heterocycles. The fraction of sp³-hybridized carbons (Fsp3) is 0.389. The minimum Gasteiger partial charge on any atom is -0.388 e. The van der Waals surface area contributed by atoms with Crippen LogP contribution in [0.1, 0.15) is 32.3 Å². The first-order valence-corrected chi connectivity index (χ1v) is 7.43. The van der Waals surface area contributed by atoms with Crippen LogP contribution in [0.4, 0.5) is 5.69 Å². The Balaban J connectivity index is 2.16. The summed E-state index contributed by atoms with van der Waals surface area (Å²) in [6.45, 7) is 4.70. The number of rotatable bonds is 2. The van der Waals surface area contributed by atoms with Crippen LogP contribution in [0.3, 0.4) is 0 Å². The largest absolute Gasteiger partial charge is 0.388 e. The number of anilines is 1. The van der Waals surface area contributed by atoms with E-state index in [0.29, 0.717) is 5.56 Å². The quantitative estimate of drug-likeness (QED) is 0.916. The Bertz CT molecular complexity index is 709. The molecule has 1 fully saturated rings. The van der Waals surface area contributed by atoms with Gasteiger partial charge in [-0.3, -0.25) is 0 Å². The molecule has 2 aromatic rings. The molecule has 3 nitrogen and oxygen atoms in total. The third-order valence-electron chi connectivity index (χ3n) is 4.40. The van der Waals surface area contributed by atoms with Crippen molar-refractivity contribution in [3.05, 3.63) is 42.0 Å². The summed E-state index contributed by atoms with van der Waals surface area (Å²) < 4.78 is 0. The van der Waals surface area contributed by atoms with E-state index in [1.165, 1.54) is 0 Å². The van der Waals surface area contributed by atoms with Gasteiger partial charge >= 0.3 is 0 Å². The summed E-state index contributed by atoms with van der Waals surface area (Å²) in [5.74, 6) is 0. The van der Waals surface area contributed by atoms with Crippen LogP contribution < -0.4 is 4.90 Å². The van der Waals surface area contributed by atoms with Gasteiger partial charge in [0.2, 0.25) is 0 Å². The summed E-state index contributed by atoms with van der Waals surface area (Å²) in [6.07, 6.45) is 2.08. The lowest BCUT2D eigenvalue weighted by Crippen LogP contribution is -2.45. The number of hydrogen-bond donors (Lipinski definition) is 1. The Morgan fingerprint density at radius 2 is 1.90 bits per heavy atom. The third kappa shape index (κ3) is 2.36. The Morgan fingerprint density at radius 3 is 2.57 bits per heavy atom. The molecule has 0 saturated carbocycles. The zero-order chi connectivity index (χ0) is 15.0. The number of nitrogens with zero attached hydrogens (tertiary/aromatic N) is 2. The molecule has 1 atom stereocenters. The van der Waals surface area contributed by atoms with E-state index in [1.54, 1.807) is 0 Å². The summed E-state index contributed by atoms with van der Waals surface area (Å²) in [7, 11) is 0. The minimum atomic E-state index is -0.731. The second kappa shape index (κ2) is 5.05. The molecule has 3 rings (SSSR count). The lowest BCUT2D eigenvalue weighted by Gasteiger charge is -2.36. The Hall–Kier alpha value is -2.05. The van der Waals surface area contributed by atoms with Crippen molar-refractivity contribution in [2.24, 2.45) is 0 Å². The Labute approximate surface area is 125 Å². The zero-order valence-electron chi connectivity index (χ0n) is 12.5. The van der Waals surface area contributed by atoms with Crippen LogP contribution in [-0.4, -0.2) is 23.3 Å². The molecule has 108 valence electrons. The van der Waals surface area contributed by atoms with Crippen LogP contribution >= 0.6 is 0 Å². The van der Waals surface area contributed by atoms with Gasteiger partial charge in [0, 0.05) is 23.0 Å². The van der Waals surface area contributed by atoms with Crippen molar-refractivity contribution >= 4 is 16.5 Å². The van der Waals surface area contributed by atoms with Gasteiger partial charge < -0.3 is 10.0 Å². The second-order valence-electron chi connectivity index (χ2n) is 6.29. The molecule has 0 aliphatic carbocycles. The van der Waals surface area contributed by atoms with Gasteiger partial charge in [-0.25, -0.2) is 0 Å². The van der Waals surface area contributed by atoms with Crippen LogP contribution in [-0.2, 0) is 0 Å². The van der Waals surface area contributed by atoms with E-state index in [0.717, 1.165) is 35.8 Å². The van der Waals surface area contributed by atoms with E-state index in [2.05, 4.69) is 17.0 Å². The molecule has 0 aromatic heterocycles. The minimum absolute atomic E-state index is 0.119. The molecule has 1 aliphatic rings. The number of aliphatic hydroxyl groups is 1. The van der Waals surface area contributed by atoms with Gasteiger partial charge in [0.15, 0.2) is 0 Å². The van der Waals surface area contributed by atoms with Crippen LogP contribution in [0, 0.1) is 11.3 Å². The second-order valence-corrected chi connectivity index (χ2v) is 6.29. The van der Waals surface area contributed by atoms with Crippen LogP contribution in [0.25, 0.3) is 10.8 Å². The highest BCUT2D eigenvalue weighted by molar-refractivity contribution is 5.98. The van der Waals surface area contributed by atoms with Crippen molar-refractivity contribution in [2.45, 2.75) is 38.3 Å². The average Bonchev–Trinajstić information content (AvgIpc) is 2.95. The summed E-state index contributed by atoms with van der Waals surface area (Å²) in [5.41, 5.74) is 1.09. The molecule has 0 radical (unpaired) electrons. The van der Waals surface area contributed by atoms with E-state index < -0.39 is 5.60 Å². The smallest absolute Gasteiger partial charge is 0.0998 e. The van der Waals surface area contributed by atoms with Crippen molar-refractivity contribution in [1.82, 2.24) is 0 Å². The molecular formula is C18H20N2O. The molecule has 3 heteroatoms. The molecule has 1 N–H and O–H groups in total. The van der Waals surface area contributed by atoms with E-state index in [1.807, 2.05) is 44.2 Å². The highest BCUT2D eigenvalue weighted by Gasteiger charge is 2.36. The van der Waals surface area contributed by atoms with Crippen molar-refractivity contribution in [2.75, 3.05) is 11.4 Å². The summed E-state index contributed by atoms with van der Waals surface area (Å²) >= 11 is 0. The van der Waals surface area contributed by atoms with Gasteiger partial charge in [-0.2, -0.15) is 5.26 Å². The monoisotopic (exact) mass is 280 g/mol. The van der Waals surface area contributed by atoms with Gasteiger partial charge in [-0.05, 0) is 38.8 Å². The first-order valence-electron chi connectivity index (χ1n) is 7.43. The van der Waals surface area contributed by atoms with Crippen molar-refractivity contribution in [1.29, 1.82) is 5.26 Å². The van der Waals surface area contributed by atoms with Gasteiger partial charge in [0.1, 0.15) is 0 Å². The van der Waals surface area contributed by atoms with Crippen LogP contribution in [0.2, 0.25) is 0 Å². The Morgan fingerprint density at radius 1 is 1.19 bits per heavy atom. The lowest BCUT2D eigenvalue weighted by atomic mass is 9.95. The predicted molar refractivity (Wildman–Crippen MR) is 85.3 cm³/mol. The van der Waals surface area contributed by atoms with Gasteiger partial charge in [-0.1, -0.05) is 24.3 Å². The molecule has 0 unspecified atom stereocenters. The van der Waals surface area contributed by atoms with Crippen molar-refractivity contribution in [3.8, 4) is 6.07 Å². The highest BCUT2D eigenvalue weighted by atomic mass is 16.3. The fourth-order valence-electron chi connectivity index (χ4n) is 3.42. The predicted octanol–water partition coefficient (Wildman–Crippen LogP) is 3.45. The average molecular weight is 280 g/mol. The third-order valence-corrected chi connectivity index (χ3v) is 4.40. The van der Waals surface area contributed by atoms with Gasteiger partial charge in [-0.15, -0.1) is 0 Å². The van der Waals surface area contributed by atoms with E-state index in [-0.39, 0.29) is 6.04 Å². The summed E-state index contributed by atoms with van der Waals surface area (Å²) in [6, 6.07) is 14.3. The molecule has 0 spiro atoms. The highest BCUT2D eigenvalue weighted by Crippen LogP contribution is 2.36. The number of benzene rings is 2. The van der Waals surface area contributed by atoms with Crippen molar-refractivity contribution < 1.29 is 5.11 Å². The van der Waals surface area contributed by atoms with Crippen LogP contribution in [0.15, 0.2) is 36.4 Å². The first-order chi connectivity index (χ1) is 10.0. The van der Waals surface area contributed by atoms with E-state index in [4.69, 9.17) is 0 Å². The normalized spacial score (nSPS) is 19.0. The number of hydrogen-bond acceptors (Lipinski definition) is 3. The maximum Gasteiger partial charge on any atom is 0.0998 e. The molecule has 0 amide bonds. The molecular weight excluding hydrogens is 260 g/mol. The van der Waals surface area contributed by atoms with E-state index >= 15 is 0 Å². The zero-order valence-corrected chi connectivity index (χ0v) is 12.5. The SMILES string of the molecule is CC(C)(O)[C@H]1CCCN1c1ccc(C#N)c2ccccc12.